The molecule has 1 aromatic carbocycles. The summed E-state index contributed by atoms with van der Waals surface area (Å²) in [6.07, 6.45) is 0. The molecule has 0 bridgehead atoms. The van der Waals surface area contributed by atoms with Crippen molar-refractivity contribution in [2.75, 3.05) is 6.79 Å². The van der Waals surface area contributed by atoms with Crippen LogP contribution in [-0.2, 0) is 6.54 Å². The van der Waals surface area contributed by atoms with Crippen molar-refractivity contribution in [3.05, 3.63) is 34.4 Å². The van der Waals surface area contributed by atoms with E-state index in [0.717, 1.165) is 27.4 Å². The van der Waals surface area contributed by atoms with Crippen LogP contribution in [0.15, 0.2) is 23.2 Å². The van der Waals surface area contributed by atoms with Gasteiger partial charge in [0.25, 0.3) is 5.91 Å². The normalized spacial score (nSPS) is 14.0. The third-order valence-corrected chi connectivity index (χ3v) is 5.36. The van der Waals surface area contributed by atoms with Crippen molar-refractivity contribution < 1.29 is 14.3 Å². The molecule has 8 heteroatoms. The van der Waals surface area contributed by atoms with Crippen LogP contribution in [0.25, 0.3) is 10.2 Å². The number of ether oxygens (including phenoxy) is 2. The zero-order chi connectivity index (χ0) is 18.4. The van der Waals surface area contributed by atoms with Crippen molar-refractivity contribution in [3.63, 3.8) is 0 Å². The molecule has 0 aliphatic carbocycles. The Morgan fingerprint density at radius 1 is 1.31 bits per heavy atom. The Bertz CT molecular complexity index is 1070. The molecule has 1 aliphatic rings. The Labute approximate surface area is 154 Å². The van der Waals surface area contributed by atoms with E-state index in [0.29, 0.717) is 17.0 Å². The maximum Gasteiger partial charge on any atom is 0.300 e. The van der Waals surface area contributed by atoms with E-state index in [-0.39, 0.29) is 18.7 Å². The maximum absolute atomic E-state index is 12.6. The molecule has 4 rings (SSSR count). The minimum Gasteiger partial charge on any atom is -0.454 e. The minimum absolute atomic E-state index is 0.198. The van der Waals surface area contributed by atoms with Gasteiger partial charge in [0.1, 0.15) is 0 Å². The van der Waals surface area contributed by atoms with Crippen molar-refractivity contribution >= 4 is 27.5 Å². The third-order valence-electron chi connectivity index (χ3n) is 4.32. The predicted octanol–water partition coefficient (Wildman–Crippen LogP) is 3.28. The van der Waals surface area contributed by atoms with E-state index in [1.807, 2.05) is 49.1 Å². The molecule has 0 saturated heterocycles. The molecule has 0 radical (unpaired) electrons. The van der Waals surface area contributed by atoms with Gasteiger partial charge in [-0.3, -0.25) is 9.48 Å². The number of rotatable bonds is 3. The molecule has 136 valence electrons. The molecule has 26 heavy (non-hydrogen) atoms. The lowest BCUT2D eigenvalue weighted by atomic mass is 10.3. The summed E-state index contributed by atoms with van der Waals surface area (Å²) in [5.41, 5.74) is 2.30. The van der Waals surface area contributed by atoms with E-state index >= 15 is 0 Å². The van der Waals surface area contributed by atoms with Crippen molar-refractivity contribution in [2.24, 2.45) is 4.99 Å². The first-order valence-electron chi connectivity index (χ1n) is 8.56. The summed E-state index contributed by atoms with van der Waals surface area (Å²) in [5.74, 6) is 1.12. The number of aromatic nitrogens is 3. The zero-order valence-electron chi connectivity index (χ0n) is 15.1. The van der Waals surface area contributed by atoms with E-state index in [4.69, 9.17) is 9.47 Å². The van der Waals surface area contributed by atoms with E-state index in [1.165, 1.54) is 11.3 Å². The molecular weight excluding hydrogens is 352 g/mol. The molecule has 0 unspecified atom stereocenters. The lowest BCUT2D eigenvalue weighted by Gasteiger charge is -2.06. The number of carbonyl (C=O) groups is 1. The maximum atomic E-state index is 12.6. The molecular formula is C18H20N4O3S. The standard InChI is InChI=1S/C18H20N4O3S/c1-5-21-13-7-14-15(25-9-24-14)8-16(13)26-18(21)19-17(23)12-6-11(4)22(20-12)10(2)3/h6-8,10H,5,9H2,1-4H3. The van der Waals surface area contributed by atoms with Gasteiger partial charge in [-0.25, -0.2) is 0 Å². The van der Waals surface area contributed by atoms with E-state index in [2.05, 4.69) is 10.1 Å². The van der Waals surface area contributed by atoms with Gasteiger partial charge in [-0.05, 0) is 33.8 Å². The van der Waals surface area contributed by atoms with Gasteiger partial charge in [-0.1, -0.05) is 11.3 Å². The molecule has 0 N–H and O–H groups in total. The number of hydrogen-bond donors (Lipinski definition) is 0. The van der Waals surface area contributed by atoms with Crippen LogP contribution in [0.5, 0.6) is 11.5 Å². The number of aryl methyl sites for hydroxylation is 2. The quantitative estimate of drug-likeness (QED) is 0.707. The van der Waals surface area contributed by atoms with Crippen molar-refractivity contribution in [1.82, 2.24) is 14.3 Å². The summed E-state index contributed by atoms with van der Waals surface area (Å²) in [6.45, 7) is 8.98. The Balaban J connectivity index is 1.80. The summed E-state index contributed by atoms with van der Waals surface area (Å²) in [4.78, 5) is 17.6. The largest absolute Gasteiger partial charge is 0.454 e. The molecule has 1 aliphatic heterocycles. The number of amides is 1. The fourth-order valence-electron chi connectivity index (χ4n) is 3.11. The average molecular weight is 372 g/mol. The zero-order valence-corrected chi connectivity index (χ0v) is 16.0. The number of carbonyl (C=O) groups excluding carboxylic acids is 1. The summed E-state index contributed by atoms with van der Waals surface area (Å²) in [7, 11) is 0. The molecule has 1 amide bonds. The SMILES string of the molecule is CCn1c(=NC(=O)c2cc(C)n(C(C)C)n2)sc2cc3c(cc21)OCO3. The topological polar surface area (TPSA) is 70.6 Å². The second kappa shape index (κ2) is 6.28. The summed E-state index contributed by atoms with van der Waals surface area (Å²) in [6, 6.07) is 5.86. The van der Waals surface area contributed by atoms with Gasteiger partial charge in [0.15, 0.2) is 22.0 Å². The second-order valence-electron chi connectivity index (χ2n) is 6.43. The molecule has 0 saturated carbocycles. The smallest absolute Gasteiger partial charge is 0.300 e. The molecule has 0 atom stereocenters. The number of benzene rings is 1. The van der Waals surface area contributed by atoms with Gasteiger partial charge in [-0.15, -0.1) is 0 Å². The van der Waals surface area contributed by atoms with Crippen LogP contribution in [0.1, 0.15) is 43.0 Å². The number of fused-ring (bicyclic) bond motifs is 2. The third kappa shape index (κ3) is 2.70. The van der Waals surface area contributed by atoms with Crippen LogP contribution in [-0.4, -0.2) is 27.0 Å². The van der Waals surface area contributed by atoms with Crippen LogP contribution < -0.4 is 14.3 Å². The van der Waals surface area contributed by atoms with Crippen LogP contribution in [0, 0.1) is 6.92 Å². The van der Waals surface area contributed by atoms with E-state index < -0.39 is 0 Å². The fourth-order valence-corrected chi connectivity index (χ4v) is 4.21. The highest BCUT2D eigenvalue weighted by molar-refractivity contribution is 7.16. The number of nitrogens with zero attached hydrogens (tertiary/aromatic N) is 4. The Kier molecular flexibility index (Phi) is 4.07. The molecule has 3 aromatic rings. The van der Waals surface area contributed by atoms with Crippen LogP contribution in [0.3, 0.4) is 0 Å². The van der Waals surface area contributed by atoms with Crippen molar-refractivity contribution in [1.29, 1.82) is 0 Å². The van der Waals surface area contributed by atoms with Crippen LogP contribution in [0.4, 0.5) is 0 Å². The lowest BCUT2D eigenvalue weighted by Crippen LogP contribution is -2.16. The Hall–Kier alpha value is -2.61. The number of thiazole rings is 1. The highest BCUT2D eigenvalue weighted by atomic mass is 32.1. The monoisotopic (exact) mass is 372 g/mol. The summed E-state index contributed by atoms with van der Waals surface area (Å²) >= 11 is 1.46. The van der Waals surface area contributed by atoms with Crippen molar-refractivity contribution in [2.45, 2.75) is 40.3 Å². The Morgan fingerprint density at radius 3 is 2.69 bits per heavy atom. The van der Waals surface area contributed by atoms with Crippen LogP contribution in [0.2, 0.25) is 0 Å². The van der Waals surface area contributed by atoms with Gasteiger partial charge < -0.3 is 14.0 Å². The Morgan fingerprint density at radius 2 is 2.04 bits per heavy atom. The molecule has 0 fully saturated rings. The lowest BCUT2D eigenvalue weighted by molar-refractivity contribution is 0.0992. The van der Waals surface area contributed by atoms with E-state index in [1.54, 1.807) is 6.07 Å². The number of hydrogen-bond acceptors (Lipinski definition) is 5. The molecule has 7 nitrogen and oxygen atoms in total. The van der Waals surface area contributed by atoms with E-state index in [9.17, 15) is 4.79 Å². The predicted molar refractivity (Wildman–Crippen MR) is 98.9 cm³/mol. The second-order valence-corrected chi connectivity index (χ2v) is 7.44. The molecule has 0 spiro atoms. The first-order valence-corrected chi connectivity index (χ1v) is 9.37. The highest BCUT2D eigenvalue weighted by Gasteiger charge is 2.18. The minimum atomic E-state index is -0.332. The van der Waals surface area contributed by atoms with Gasteiger partial charge in [0.05, 0.1) is 10.2 Å². The first-order chi connectivity index (χ1) is 12.5. The summed E-state index contributed by atoms with van der Waals surface area (Å²) in [5, 5.41) is 4.39. The fraction of sp³-hybridized carbons (Fsp3) is 0.389. The first kappa shape index (κ1) is 16.8. The molecule has 2 aromatic heterocycles. The molecule has 3 heterocycles. The highest BCUT2D eigenvalue weighted by Crippen LogP contribution is 2.36. The summed E-state index contributed by atoms with van der Waals surface area (Å²) < 4.78 is 15.8. The van der Waals surface area contributed by atoms with Gasteiger partial charge >= 0.3 is 0 Å². The average Bonchev–Trinajstić information content (AvgIpc) is 3.28. The van der Waals surface area contributed by atoms with Gasteiger partial charge in [0, 0.05) is 30.4 Å². The van der Waals surface area contributed by atoms with Crippen molar-refractivity contribution in [3.8, 4) is 11.5 Å². The van der Waals surface area contributed by atoms with Gasteiger partial charge in [0.2, 0.25) is 6.79 Å². The van der Waals surface area contributed by atoms with Crippen LogP contribution >= 0.6 is 11.3 Å². The van der Waals surface area contributed by atoms with Gasteiger partial charge in [-0.2, -0.15) is 10.1 Å².